The Morgan fingerprint density at radius 2 is 1.85 bits per heavy atom. The lowest BCUT2D eigenvalue weighted by atomic mass is 9.79. The fourth-order valence-corrected chi connectivity index (χ4v) is 5.27. The van der Waals surface area contributed by atoms with Crippen LogP contribution in [0.4, 0.5) is 5.69 Å². The van der Waals surface area contributed by atoms with E-state index in [1.807, 2.05) is 19.1 Å². The van der Waals surface area contributed by atoms with Crippen LogP contribution in [0.1, 0.15) is 41.8 Å². The Kier molecular flexibility index (Phi) is 12.8. The van der Waals surface area contributed by atoms with Crippen molar-refractivity contribution in [1.82, 2.24) is 10.6 Å². The molecule has 0 aromatic heterocycles. The summed E-state index contributed by atoms with van der Waals surface area (Å²) >= 11 is 6.17. The third kappa shape index (κ3) is 9.36. The highest BCUT2D eigenvalue weighted by molar-refractivity contribution is 6.58. The number of amides is 2. The summed E-state index contributed by atoms with van der Waals surface area (Å²) in [4.78, 5) is 43.4. The molecule has 0 radical (unpaired) electrons. The van der Waals surface area contributed by atoms with E-state index in [4.69, 9.17) is 31.8 Å². The number of nitrogens with zero attached hydrogens (tertiary/aromatic N) is 3. The highest BCUT2D eigenvalue weighted by Crippen LogP contribution is 2.35. The molecule has 4 rings (SSSR count). The van der Waals surface area contributed by atoms with Gasteiger partial charge in [0.15, 0.2) is 6.17 Å². The number of rotatable bonds is 15. The molecular weight excluding hydrogens is 627 g/mol. The van der Waals surface area contributed by atoms with Crippen molar-refractivity contribution in [3.05, 3.63) is 93.4 Å². The lowest BCUT2D eigenvalue weighted by molar-refractivity contribution is -0.121. The summed E-state index contributed by atoms with van der Waals surface area (Å²) in [5.74, 6) is -0.0728. The molecule has 3 atom stereocenters. The number of nitroso groups, excluding NO2 is 1. The Morgan fingerprint density at radius 1 is 1.09 bits per heavy atom. The van der Waals surface area contributed by atoms with Crippen molar-refractivity contribution in [2.75, 3.05) is 37.8 Å². The summed E-state index contributed by atoms with van der Waals surface area (Å²) in [6.07, 6.45) is -1.69. The molecule has 0 aliphatic carbocycles. The van der Waals surface area contributed by atoms with Crippen LogP contribution in [0.25, 0.3) is 0 Å². The molecule has 13 nitrogen and oxygen atoms in total. The number of carbonyl (C=O) groups excluding carboxylic acids is 2. The highest BCUT2D eigenvalue weighted by Gasteiger charge is 2.35. The Bertz CT molecular complexity index is 1580. The van der Waals surface area contributed by atoms with Crippen LogP contribution >= 0.6 is 11.6 Å². The van der Waals surface area contributed by atoms with Gasteiger partial charge in [-0.2, -0.15) is 0 Å². The summed E-state index contributed by atoms with van der Waals surface area (Å²) in [6.45, 7) is 4.81. The summed E-state index contributed by atoms with van der Waals surface area (Å²) in [7, 11) is -1.66. The monoisotopic (exact) mass is 664 g/mol. The number of halogens is 1. The zero-order chi connectivity index (χ0) is 33.9. The van der Waals surface area contributed by atoms with E-state index in [1.54, 1.807) is 54.3 Å². The van der Waals surface area contributed by atoms with Gasteiger partial charge in [0.05, 0.1) is 31.4 Å². The zero-order valence-corrected chi connectivity index (χ0v) is 26.9. The number of ether oxygens (including phenoxy) is 2. The predicted octanol–water partition coefficient (Wildman–Crippen LogP) is 1.79. The first-order valence-electron chi connectivity index (χ1n) is 15.2. The lowest BCUT2D eigenvalue weighted by Gasteiger charge is -2.35. The summed E-state index contributed by atoms with van der Waals surface area (Å²) in [5, 5.41) is 27.9. The van der Waals surface area contributed by atoms with Gasteiger partial charge in [-0.25, -0.2) is 0 Å². The van der Waals surface area contributed by atoms with Gasteiger partial charge in [-0.3, -0.25) is 14.6 Å². The van der Waals surface area contributed by atoms with Gasteiger partial charge in [0.1, 0.15) is 18.5 Å². The van der Waals surface area contributed by atoms with Crippen LogP contribution in [0.5, 0.6) is 5.75 Å². The first-order valence-corrected chi connectivity index (χ1v) is 15.6. The molecule has 3 aromatic carbocycles. The second-order valence-corrected chi connectivity index (χ2v) is 11.2. The van der Waals surface area contributed by atoms with E-state index in [-0.39, 0.29) is 50.1 Å². The highest BCUT2D eigenvalue weighted by atomic mass is 35.5. The molecule has 0 bridgehead atoms. The predicted molar refractivity (Wildman–Crippen MR) is 181 cm³/mol. The third-order valence-corrected chi connectivity index (χ3v) is 7.68. The molecule has 47 heavy (non-hydrogen) atoms. The van der Waals surface area contributed by atoms with Gasteiger partial charge in [0.2, 0.25) is 5.91 Å². The van der Waals surface area contributed by atoms with Crippen molar-refractivity contribution >= 4 is 47.4 Å². The molecule has 6 N–H and O–H groups in total. The molecule has 0 saturated carbocycles. The maximum Gasteiger partial charge on any atom is 0.488 e. The second kappa shape index (κ2) is 17.0. The van der Waals surface area contributed by atoms with E-state index < -0.39 is 25.5 Å². The minimum Gasteiger partial charge on any atom is -0.491 e. The Balaban J connectivity index is 1.47. The number of benzodiazepines with no additional fused rings is 1. The number of aliphatic imine (C=N–C) groups is 1. The third-order valence-electron chi connectivity index (χ3n) is 7.43. The number of carbonyl (C=O) groups is 2. The first-order chi connectivity index (χ1) is 22.6. The Hall–Kier alpha value is -4.34. The van der Waals surface area contributed by atoms with E-state index >= 15 is 0 Å². The largest absolute Gasteiger partial charge is 0.491 e. The van der Waals surface area contributed by atoms with Crippen LogP contribution in [0.3, 0.4) is 0 Å². The smallest absolute Gasteiger partial charge is 0.488 e. The maximum atomic E-state index is 12.6. The number of hydrogen-bond acceptors (Lipinski definition) is 11. The minimum absolute atomic E-state index is 0.00147. The number of benzene rings is 3. The van der Waals surface area contributed by atoms with Crippen molar-refractivity contribution < 1.29 is 29.1 Å². The maximum absolute atomic E-state index is 12.6. The van der Waals surface area contributed by atoms with Gasteiger partial charge in [-0.15, -0.1) is 4.91 Å². The first kappa shape index (κ1) is 35.5. The molecule has 1 heterocycles. The van der Waals surface area contributed by atoms with Crippen LogP contribution < -0.4 is 31.5 Å². The zero-order valence-electron chi connectivity index (χ0n) is 26.1. The van der Waals surface area contributed by atoms with E-state index in [0.717, 1.165) is 5.56 Å². The van der Waals surface area contributed by atoms with Crippen molar-refractivity contribution in [3.63, 3.8) is 0 Å². The van der Waals surface area contributed by atoms with E-state index in [0.29, 0.717) is 39.8 Å². The van der Waals surface area contributed by atoms with E-state index in [2.05, 4.69) is 15.8 Å². The number of nitrogens with one attached hydrogen (secondary N) is 2. The fourth-order valence-electron chi connectivity index (χ4n) is 5.14. The summed E-state index contributed by atoms with van der Waals surface area (Å²) < 4.78 is 11.6. The van der Waals surface area contributed by atoms with Crippen molar-refractivity contribution in [3.8, 4) is 5.75 Å². The van der Waals surface area contributed by atoms with Gasteiger partial charge in [-0.1, -0.05) is 35.9 Å². The van der Waals surface area contributed by atoms with E-state index in [1.165, 1.54) is 12.1 Å². The van der Waals surface area contributed by atoms with E-state index in [9.17, 15) is 24.5 Å². The number of fused-ring (bicyclic) bond motifs is 1. The van der Waals surface area contributed by atoms with Crippen molar-refractivity contribution in [2.24, 2.45) is 15.9 Å². The molecule has 0 spiro atoms. The molecule has 3 aromatic rings. The molecule has 2 amide bonds. The SMILES string of the molecule is CCNC(=O)C[C@@H]1N=C(c2ccc(Cl)cc2)c2cc(OCCOCCNC(=O)c3cccc(B(O)O)c3)ccc2N(C(C)N=O)C1N. The van der Waals surface area contributed by atoms with Gasteiger partial charge < -0.3 is 40.8 Å². The summed E-state index contributed by atoms with van der Waals surface area (Å²) in [6, 6.07) is 17.8. The summed E-state index contributed by atoms with van der Waals surface area (Å²) in [5.41, 5.74) is 9.75. The van der Waals surface area contributed by atoms with Gasteiger partial charge in [0, 0.05) is 40.5 Å². The molecule has 2 unspecified atom stereocenters. The second-order valence-electron chi connectivity index (χ2n) is 10.7. The van der Waals surface area contributed by atoms with Crippen LogP contribution in [0.15, 0.2) is 76.9 Å². The minimum atomic E-state index is -1.66. The number of anilines is 1. The van der Waals surface area contributed by atoms with Crippen LogP contribution in [0.2, 0.25) is 5.02 Å². The molecule has 1 aliphatic rings. The normalized spacial score (nSPS) is 16.3. The molecule has 248 valence electrons. The standard InChI is InChI=1S/C32H38BClN6O7/c1-3-36-29(41)19-27-31(35)40(20(2)39-45)28-12-11-25(18-26(28)30(38-27)21-7-9-24(34)10-8-21)47-16-15-46-14-13-37-32(42)22-5-4-6-23(17-22)33(43)44/h4-12,17-18,20,27,31,43-44H,3,13-16,19,35H2,1-2H3,(H,36,41)(H,37,42)/t20?,27-,31?/m0/s1. The number of nitrogens with two attached hydrogens (primary N) is 1. The molecule has 1 aliphatic heterocycles. The quantitative estimate of drug-likeness (QED) is 0.0917. The Labute approximate surface area is 278 Å². The van der Waals surface area contributed by atoms with Gasteiger partial charge in [-0.05, 0) is 67.0 Å². The topological polar surface area (TPSA) is 188 Å². The Morgan fingerprint density at radius 3 is 2.55 bits per heavy atom. The molecule has 15 heteroatoms. The van der Waals surface area contributed by atoms with Crippen LogP contribution in [0, 0.1) is 4.91 Å². The van der Waals surface area contributed by atoms with Gasteiger partial charge >= 0.3 is 7.12 Å². The van der Waals surface area contributed by atoms with Crippen LogP contribution in [-0.4, -0.2) is 86.0 Å². The van der Waals surface area contributed by atoms with Gasteiger partial charge in [0.25, 0.3) is 5.91 Å². The van der Waals surface area contributed by atoms with Crippen LogP contribution in [-0.2, 0) is 9.53 Å². The molecule has 0 saturated heterocycles. The van der Waals surface area contributed by atoms with Crippen molar-refractivity contribution in [1.29, 1.82) is 0 Å². The molecule has 0 fully saturated rings. The molecular formula is C32H38BClN6O7. The fraction of sp³-hybridized carbons (Fsp3) is 0.344. The van der Waals surface area contributed by atoms with Crippen molar-refractivity contribution in [2.45, 2.75) is 38.6 Å². The average molecular weight is 665 g/mol. The average Bonchev–Trinajstić information content (AvgIpc) is 3.18. The lowest BCUT2D eigenvalue weighted by Crippen LogP contribution is -2.53. The number of hydrogen-bond donors (Lipinski definition) is 5.